The Morgan fingerprint density at radius 1 is 1.22 bits per heavy atom. The number of aliphatic imine (C=N–C) groups is 1. The van der Waals surface area contributed by atoms with Crippen LogP contribution in [0.3, 0.4) is 0 Å². The average molecular weight is 430 g/mol. The summed E-state index contributed by atoms with van der Waals surface area (Å²) in [6.07, 6.45) is -1.02. The van der Waals surface area contributed by atoms with Gasteiger partial charge in [-0.3, -0.25) is 0 Å². The SMILES string of the molecule is OCC(O)CO/N=C1/C(c2c(O)[nH]c3cc(Br)ccc23)=Nc2ccccc21. The second kappa shape index (κ2) is 7.15. The van der Waals surface area contributed by atoms with E-state index in [0.29, 0.717) is 22.7 Å². The van der Waals surface area contributed by atoms with Crippen LogP contribution in [0.4, 0.5) is 5.69 Å². The molecule has 1 aliphatic rings. The fourth-order valence-electron chi connectivity index (χ4n) is 2.97. The topological polar surface area (TPSA) is 110 Å². The lowest BCUT2D eigenvalue weighted by molar-refractivity contribution is 0.00858. The van der Waals surface area contributed by atoms with Gasteiger partial charge >= 0.3 is 0 Å². The van der Waals surface area contributed by atoms with E-state index in [1.165, 1.54) is 0 Å². The number of nitrogens with zero attached hydrogens (tertiary/aromatic N) is 2. The van der Waals surface area contributed by atoms with Gasteiger partial charge < -0.3 is 25.1 Å². The monoisotopic (exact) mass is 429 g/mol. The molecule has 3 aromatic rings. The molecule has 0 amide bonds. The summed E-state index contributed by atoms with van der Waals surface area (Å²) in [7, 11) is 0. The summed E-state index contributed by atoms with van der Waals surface area (Å²) >= 11 is 3.42. The molecule has 7 nitrogen and oxygen atoms in total. The van der Waals surface area contributed by atoms with Crippen molar-refractivity contribution in [2.24, 2.45) is 10.1 Å². The van der Waals surface area contributed by atoms with E-state index >= 15 is 0 Å². The number of para-hydroxylation sites is 1. The van der Waals surface area contributed by atoms with E-state index in [9.17, 15) is 10.2 Å². The first-order valence-electron chi connectivity index (χ1n) is 8.26. The van der Waals surface area contributed by atoms with Crippen LogP contribution in [0.2, 0.25) is 0 Å². The molecule has 27 heavy (non-hydrogen) atoms. The highest BCUT2D eigenvalue weighted by atomic mass is 79.9. The Labute approximate surface area is 162 Å². The second-order valence-electron chi connectivity index (χ2n) is 6.09. The smallest absolute Gasteiger partial charge is 0.199 e. The number of benzene rings is 2. The fraction of sp³-hybridized carbons (Fsp3) is 0.158. The third-order valence-corrected chi connectivity index (χ3v) is 4.72. The highest BCUT2D eigenvalue weighted by molar-refractivity contribution is 9.10. The van der Waals surface area contributed by atoms with Gasteiger partial charge in [0.1, 0.15) is 24.1 Å². The van der Waals surface area contributed by atoms with Gasteiger partial charge in [0.2, 0.25) is 0 Å². The summed E-state index contributed by atoms with van der Waals surface area (Å²) in [6.45, 7) is -0.567. The van der Waals surface area contributed by atoms with E-state index in [-0.39, 0.29) is 12.5 Å². The Morgan fingerprint density at radius 3 is 2.85 bits per heavy atom. The van der Waals surface area contributed by atoms with Crippen LogP contribution in [0.25, 0.3) is 10.9 Å². The predicted molar refractivity (Wildman–Crippen MR) is 106 cm³/mol. The van der Waals surface area contributed by atoms with Gasteiger partial charge in [-0.25, -0.2) is 4.99 Å². The van der Waals surface area contributed by atoms with Crippen molar-refractivity contribution in [2.75, 3.05) is 13.2 Å². The number of aliphatic hydroxyl groups excluding tert-OH is 2. The minimum atomic E-state index is -1.02. The quantitative estimate of drug-likeness (QED) is 0.467. The molecule has 0 saturated heterocycles. The van der Waals surface area contributed by atoms with Gasteiger partial charge in [0.05, 0.1) is 23.4 Å². The Bertz CT molecular complexity index is 1070. The number of fused-ring (bicyclic) bond motifs is 2. The number of rotatable bonds is 5. The average Bonchev–Trinajstić information content (AvgIpc) is 3.17. The number of hydrogen-bond acceptors (Lipinski definition) is 6. The molecule has 0 fully saturated rings. The van der Waals surface area contributed by atoms with Crippen LogP contribution in [-0.2, 0) is 4.84 Å². The molecule has 8 heteroatoms. The maximum absolute atomic E-state index is 10.5. The van der Waals surface area contributed by atoms with Crippen LogP contribution >= 0.6 is 15.9 Å². The maximum Gasteiger partial charge on any atom is 0.199 e. The van der Waals surface area contributed by atoms with Crippen LogP contribution < -0.4 is 0 Å². The second-order valence-corrected chi connectivity index (χ2v) is 7.00. The van der Waals surface area contributed by atoms with Crippen molar-refractivity contribution >= 4 is 43.9 Å². The molecule has 1 aromatic heterocycles. The van der Waals surface area contributed by atoms with Crippen molar-refractivity contribution in [1.82, 2.24) is 4.98 Å². The van der Waals surface area contributed by atoms with Gasteiger partial charge in [-0.05, 0) is 18.2 Å². The van der Waals surface area contributed by atoms with Crippen molar-refractivity contribution in [3.63, 3.8) is 0 Å². The van der Waals surface area contributed by atoms with E-state index in [2.05, 4.69) is 31.1 Å². The first kappa shape index (κ1) is 17.7. The number of H-pyrrole nitrogens is 1. The Balaban J connectivity index is 1.81. The lowest BCUT2D eigenvalue weighted by atomic mass is 10.0. The molecule has 4 N–H and O–H groups in total. The van der Waals surface area contributed by atoms with Gasteiger partial charge in [0, 0.05) is 15.4 Å². The molecular weight excluding hydrogens is 414 g/mol. The molecule has 0 radical (unpaired) electrons. The van der Waals surface area contributed by atoms with E-state index in [0.717, 1.165) is 20.9 Å². The Hall–Kier alpha value is -2.68. The number of aromatic nitrogens is 1. The van der Waals surface area contributed by atoms with Crippen molar-refractivity contribution in [3.8, 4) is 5.88 Å². The molecule has 0 spiro atoms. The first-order chi connectivity index (χ1) is 13.1. The highest BCUT2D eigenvalue weighted by Crippen LogP contribution is 2.36. The van der Waals surface area contributed by atoms with Crippen LogP contribution in [0, 0.1) is 0 Å². The van der Waals surface area contributed by atoms with Crippen molar-refractivity contribution in [2.45, 2.75) is 6.10 Å². The number of aromatic hydroxyl groups is 1. The zero-order valence-electron chi connectivity index (χ0n) is 14.1. The number of halogens is 1. The number of aliphatic hydroxyl groups is 2. The zero-order valence-corrected chi connectivity index (χ0v) is 15.6. The molecule has 2 heterocycles. The van der Waals surface area contributed by atoms with Gasteiger partial charge in [-0.2, -0.15) is 0 Å². The molecule has 0 saturated carbocycles. The largest absolute Gasteiger partial charge is 0.494 e. The highest BCUT2D eigenvalue weighted by Gasteiger charge is 2.29. The molecule has 1 atom stereocenters. The molecule has 2 aromatic carbocycles. The molecular formula is C19H16BrN3O4. The van der Waals surface area contributed by atoms with Crippen LogP contribution in [0.1, 0.15) is 11.1 Å². The van der Waals surface area contributed by atoms with E-state index in [4.69, 9.17) is 9.94 Å². The minimum absolute atomic E-state index is 0.0160. The molecule has 1 unspecified atom stereocenters. The van der Waals surface area contributed by atoms with Gasteiger partial charge in [0.25, 0.3) is 0 Å². The number of hydrogen-bond donors (Lipinski definition) is 4. The summed E-state index contributed by atoms with van der Waals surface area (Å²) < 4.78 is 0.884. The molecule has 0 bridgehead atoms. The zero-order chi connectivity index (χ0) is 19.0. The van der Waals surface area contributed by atoms with Gasteiger partial charge in [-0.15, -0.1) is 0 Å². The van der Waals surface area contributed by atoms with Crippen molar-refractivity contribution in [1.29, 1.82) is 0 Å². The molecule has 4 rings (SSSR count). The number of aromatic amines is 1. The summed E-state index contributed by atoms with van der Waals surface area (Å²) in [4.78, 5) is 12.8. The molecule has 0 aliphatic carbocycles. The lowest BCUT2D eigenvalue weighted by Gasteiger charge is -2.07. The van der Waals surface area contributed by atoms with Gasteiger partial charge in [-0.1, -0.05) is 45.4 Å². The summed E-state index contributed by atoms with van der Waals surface area (Å²) in [5.41, 5.74) is 3.68. The van der Waals surface area contributed by atoms with Crippen molar-refractivity contribution in [3.05, 3.63) is 58.1 Å². The van der Waals surface area contributed by atoms with Crippen LogP contribution in [0.5, 0.6) is 5.88 Å². The van der Waals surface area contributed by atoms with Crippen LogP contribution in [0.15, 0.2) is 57.1 Å². The molecule has 138 valence electrons. The maximum atomic E-state index is 10.5. The van der Waals surface area contributed by atoms with E-state index in [1.807, 2.05) is 42.5 Å². The normalized spacial score (nSPS) is 15.8. The third-order valence-electron chi connectivity index (χ3n) is 4.23. The Morgan fingerprint density at radius 2 is 2.04 bits per heavy atom. The Kier molecular flexibility index (Phi) is 4.69. The number of nitrogens with one attached hydrogen (secondary N) is 1. The van der Waals surface area contributed by atoms with Gasteiger partial charge in [0.15, 0.2) is 5.88 Å². The summed E-state index contributed by atoms with van der Waals surface area (Å²) in [5.74, 6) is -0.0160. The standard InChI is InChI=1S/C19H16BrN3O4/c20-10-5-6-12-15(7-10)22-19(26)16(12)18-17(23-27-9-11(25)8-24)13-3-1-2-4-14(13)21-18/h1-7,11,22,24-26H,8-9H2/b23-17+. The molecule has 1 aliphatic heterocycles. The van der Waals surface area contributed by atoms with E-state index in [1.54, 1.807) is 0 Å². The summed E-state index contributed by atoms with van der Waals surface area (Å²) in [5, 5.41) is 33.8. The fourth-order valence-corrected chi connectivity index (χ4v) is 3.34. The third kappa shape index (κ3) is 3.23. The predicted octanol–water partition coefficient (Wildman–Crippen LogP) is 2.84. The number of oxime groups is 1. The lowest BCUT2D eigenvalue weighted by Crippen LogP contribution is -2.19. The first-order valence-corrected chi connectivity index (χ1v) is 9.05. The summed E-state index contributed by atoms with van der Waals surface area (Å²) in [6, 6.07) is 13.1. The van der Waals surface area contributed by atoms with Crippen molar-refractivity contribution < 1.29 is 20.2 Å². The van der Waals surface area contributed by atoms with E-state index < -0.39 is 12.7 Å². The minimum Gasteiger partial charge on any atom is -0.494 e. The van der Waals surface area contributed by atoms with Crippen LogP contribution in [-0.4, -0.2) is 51.0 Å².